The number of hydrogen-bond acceptors (Lipinski definition) is 6. The third-order valence-electron chi connectivity index (χ3n) is 3.77. The highest BCUT2D eigenvalue weighted by molar-refractivity contribution is 14.1. The minimum absolute atomic E-state index is 0.211. The molecule has 1 amide bonds. The maximum Gasteiger partial charge on any atom is 0.410 e. The van der Waals surface area contributed by atoms with Gasteiger partial charge in [0.15, 0.2) is 0 Å². The summed E-state index contributed by atoms with van der Waals surface area (Å²) < 4.78 is 8.32. The van der Waals surface area contributed by atoms with Crippen molar-refractivity contribution < 1.29 is 9.53 Å². The van der Waals surface area contributed by atoms with Gasteiger partial charge < -0.3 is 15.0 Å². The smallest absolute Gasteiger partial charge is 0.410 e. The van der Waals surface area contributed by atoms with Gasteiger partial charge in [-0.2, -0.15) is 9.61 Å². The number of hydrogen-bond donors (Lipinski definition) is 1. The minimum atomic E-state index is -0.438. The fourth-order valence-corrected chi connectivity index (χ4v) is 4.06. The monoisotopic (exact) mass is 463 g/mol. The number of rotatable bonds is 3. The lowest BCUT2D eigenvalue weighted by atomic mass is 10.1. The van der Waals surface area contributed by atoms with Crippen LogP contribution in [0.25, 0.3) is 4.96 Å². The number of aromatic nitrogens is 3. The molecule has 1 fully saturated rings. The number of piperidine rings is 1. The van der Waals surface area contributed by atoms with Crippen LogP contribution in [0.15, 0.2) is 6.20 Å². The van der Waals surface area contributed by atoms with E-state index < -0.39 is 5.60 Å². The van der Waals surface area contributed by atoms with Crippen molar-refractivity contribution >= 4 is 45.0 Å². The summed E-state index contributed by atoms with van der Waals surface area (Å²) in [6, 6.07) is 0.402. The Morgan fingerprint density at radius 2 is 2.17 bits per heavy atom. The lowest BCUT2D eigenvalue weighted by Gasteiger charge is -2.33. The van der Waals surface area contributed by atoms with Crippen molar-refractivity contribution in [3.05, 3.63) is 14.9 Å². The number of fused-ring (bicyclic) bond motifs is 1. The van der Waals surface area contributed by atoms with E-state index in [1.807, 2.05) is 31.5 Å². The van der Waals surface area contributed by atoms with E-state index in [1.165, 1.54) is 0 Å². The largest absolute Gasteiger partial charge is 0.444 e. The number of nitrogens with zero attached hydrogens (tertiary/aromatic N) is 4. The average molecular weight is 463 g/mol. The molecule has 7 nitrogen and oxygen atoms in total. The molecule has 0 aliphatic carbocycles. The first kappa shape index (κ1) is 17.9. The van der Waals surface area contributed by atoms with Gasteiger partial charge in [0.25, 0.3) is 0 Å². The number of imidazole rings is 1. The van der Waals surface area contributed by atoms with Gasteiger partial charge in [-0.3, -0.25) is 0 Å². The van der Waals surface area contributed by atoms with E-state index in [0.717, 1.165) is 46.1 Å². The summed E-state index contributed by atoms with van der Waals surface area (Å²) in [5.41, 5.74) is -0.438. The Kier molecular flexibility index (Phi) is 5.30. The zero-order valence-corrected chi connectivity index (χ0v) is 17.1. The summed E-state index contributed by atoms with van der Waals surface area (Å²) in [5.74, 6) is 0. The Hall–Kier alpha value is -0.940. The van der Waals surface area contributed by atoms with Crippen LogP contribution < -0.4 is 5.32 Å². The fraction of sp³-hybridized carbons (Fsp3) is 0.667. The minimum Gasteiger partial charge on any atom is -0.444 e. The van der Waals surface area contributed by atoms with Crippen LogP contribution in [0.2, 0.25) is 0 Å². The van der Waals surface area contributed by atoms with Crippen LogP contribution in [-0.2, 0) is 11.3 Å². The molecule has 1 aliphatic heterocycles. The highest BCUT2D eigenvalue weighted by Gasteiger charge is 2.26. The van der Waals surface area contributed by atoms with Crippen molar-refractivity contribution in [1.29, 1.82) is 0 Å². The SMILES string of the molecule is CC(C)(C)OC(=O)N1CCC(NCc2nn3c(I)cnc3s2)CC1. The van der Waals surface area contributed by atoms with E-state index >= 15 is 0 Å². The highest BCUT2D eigenvalue weighted by Crippen LogP contribution is 2.18. The molecule has 9 heteroatoms. The number of likely N-dealkylation sites (tertiary alicyclic amines) is 1. The van der Waals surface area contributed by atoms with Crippen molar-refractivity contribution in [1.82, 2.24) is 24.8 Å². The molecule has 24 heavy (non-hydrogen) atoms. The van der Waals surface area contributed by atoms with Gasteiger partial charge >= 0.3 is 6.09 Å². The van der Waals surface area contributed by atoms with E-state index in [0.29, 0.717) is 6.04 Å². The molecule has 1 N–H and O–H groups in total. The number of nitrogens with one attached hydrogen (secondary N) is 1. The van der Waals surface area contributed by atoms with E-state index in [4.69, 9.17) is 4.74 Å². The molecule has 0 atom stereocenters. The number of carbonyl (C=O) groups excluding carboxylic acids is 1. The molecule has 1 saturated heterocycles. The van der Waals surface area contributed by atoms with E-state index in [1.54, 1.807) is 16.2 Å². The summed E-state index contributed by atoms with van der Waals surface area (Å²) in [7, 11) is 0. The topological polar surface area (TPSA) is 71.8 Å². The van der Waals surface area contributed by atoms with E-state index in [2.05, 4.69) is 38.0 Å². The van der Waals surface area contributed by atoms with Crippen LogP contribution >= 0.6 is 33.9 Å². The highest BCUT2D eigenvalue weighted by atomic mass is 127. The van der Waals surface area contributed by atoms with Gasteiger partial charge in [0.1, 0.15) is 14.3 Å². The lowest BCUT2D eigenvalue weighted by Crippen LogP contribution is -2.46. The Labute approximate surface area is 158 Å². The Balaban J connectivity index is 1.46. The Bertz CT molecular complexity index is 715. The zero-order chi connectivity index (χ0) is 17.3. The van der Waals surface area contributed by atoms with Gasteiger partial charge in [-0.25, -0.2) is 9.78 Å². The third-order valence-corrected chi connectivity index (χ3v) is 5.43. The molecule has 2 aromatic rings. The van der Waals surface area contributed by atoms with Crippen LogP contribution in [0.5, 0.6) is 0 Å². The molecule has 0 radical (unpaired) electrons. The van der Waals surface area contributed by atoms with Crippen LogP contribution in [-0.4, -0.2) is 50.3 Å². The van der Waals surface area contributed by atoms with Gasteiger partial charge in [0.2, 0.25) is 4.96 Å². The predicted octanol–water partition coefficient (Wildman–Crippen LogP) is 2.88. The molecule has 2 aromatic heterocycles. The molecule has 0 spiro atoms. The molecule has 1 aliphatic rings. The van der Waals surface area contributed by atoms with Crippen molar-refractivity contribution in [3.63, 3.8) is 0 Å². The molecule has 0 unspecified atom stereocenters. The fourth-order valence-electron chi connectivity index (χ4n) is 2.60. The predicted molar refractivity (Wildman–Crippen MR) is 101 cm³/mol. The summed E-state index contributed by atoms with van der Waals surface area (Å²) in [5, 5.41) is 9.13. The van der Waals surface area contributed by atoms with Gasteiger partial charge in [0.05, 0.1) is 6.20 Å². The van der Waals surface area contributed by atoms with E-state index in [9.17, 15) is 4.79 Å². The second-order valence-electron chi connectivity index (χ2n) is 6.89. The zero-order valence-electron chi connectivity index (χ0n) is 14.1. The number of amides is 1. The number of carbonyl (C=O) groups is 1. The summed E-state index contributed by atoms with van der Waals surface area (Å²) in [6.07, 6.45) is 3.47. The van der Waals surface area contributed by atoms with Crippen LogP contribution in [0.4, 0.5) is 4.79 Å². The number of ether oxygens (including phenoxy) is 1. The Morgan fingerprint density at radius 3 is 2.79 bits per heavy atom. The molecule has 0 saturated carbocycles. The normalized spacial score (nSPS) is 16.8. The van der Waals surface area contributed by atoms with Crippen LogP contribution in [0, 0.1) is 3.70 Å². The maximum absolute atomic E-state index is 12.1. The van der Waals surface area contributed by atoms with Gasteiger partial charge in [-0.15, -0.1) is 0 Å². The van der Waals surface area contributed by atoms with Crippen molar-refractivity contribution in [2.45, 2.75) is 51.8 Å². The summed E-state index contributed by atoms with van der Waals surface area (Å²) >= 11 is 3.84. The summed E-state index contributed by atoms with van der Waals surface area (Å²) in [6.45, 7) is 7.88. The molecular weight excluding hydrogens is 441 g/mol. The molecule has 0 bridgehead atoms. The molecule has 3 heterocycles. The van der Waals surface area contributed by atoms with Gasteiger partial charge in [0, 0.05) is 25.7 Å². The first-order chi connectivity index (χ1) is 11.3. The first-order valence-electron chi connectivity index (χ1n) is 8.02. The standard InChI is InChI=1S/C15H22IN5O2S/c1-15(2,3)23-14(22)20-6-4-10(5-7-20)17-9-12-19-21-11(16)8-18-13(21)24-12/h8,10,17H,4-7,9H2,1-3H3. The molecule has 0 aromatic carbocycles. The second kappa shape index (κ2) is 7.12. The van der Waals surface area contributed by atoms with Crippen LogP contribution in [0.1, 0.15) is 38.6 Å². The van der Waals surface area contributed by atoms with Crippen molar-refractivity contribution in [2.24, 2.45) is 0 Å². The number of halogens is 1. The molecular formula is C15H22IN5O2S. The Morgan fingerprint density at radius 1 is 1.46 bits per heavy atom. The third kappa shape index (κ3) is 4.37. The van der Waals surface area contributed by atoms with Gasteiger partial charge in [-0.1, -0.05) is 11.3 Å². The first-order valence-corrected chi connectivity index (χ1v) is 9.91. The quantitative estimate of drug-likeness (QED) is 0.709. The second-order valence-corrected chi connectivity index (χ2v) is 9.04. The lowest BCUT2D eigenvalue weighted by molar-refractivity contribution is 0.0198. The van der Waals surface area contributed by atoms with E-state index in [-0.39, 0.29) is 6.09 Å². The van der Waals surface area contributed by atoms with Crippen molar-refractivity contribution in [3.8, 4) is 0 Å². The molecule has 3 rings (SSSR count). The summed E-state index contributed by atoms with van der Waals surface area (Å²) in [4.78, 5) is 19.1. The van der Waals surface area contributed by atoms with Crippen molar-refractivity contribution in [2.75, 3.05) is 13.1 Å². The average Bonchev–Trinajstić information content (AvgIpc) is 3.06. The van der Waals surface area contributed by atoms with Crippen LogP contribution in [0.3, 0.4) is 0 Å². The maximum atomic E-state index is 12.1. The van der Waals surface area contributed by atoms with Gasteiger partial charge in [-0.05, 0) is 56.2 Å². The molecule has 132 valence electrons.